The molecule has 1 aliphatic heterocycles. The van der Waals surface area contributed by atoms with Crippen LogP contribution in [0.2, 0.25) is 0 Å². The van der Waals surface area contributed by atoms with E-state index in [0.717, 1.165) is 37.2 Å². The van der Waals surface area contributed by atoms with Gasteiger partial charge in [-0.3, -0.25) is 4.90 Å². The summed E-state index contributed by atoms with van der Waals surface area (Å²) in [5.74, 6) is 0.933. The molecule has 1 aromatic carbocycles. The van der Waals surface area contributed by atoms with Crippen molar-refractivity contribution in [2.75, 3.05) is 33.9 Å². The number of nitrogens with zero attached hydrogens (tertiary/aromatic N) is 1. The molecule has 1 saturated heterocycles. The van der Waals surface area contributed by atoms with E-state index >= 15 is 0 Å². The van der Waals surface area contributed by atoms with Gasteiger partial charge in [0.05, 0.1) is 13.2 Å². The van der Waals surface area contributed by atoms with Gasteiger partial charge in [0.15, 0.2) is 0 Å². The van der Waals surface area contributed by atoms with Gasteiger partial charge in [-0.05, 0) is 37.0 Å². The maximum Gasteiger partial charge on any atom is 0.121 e. The van der Waals surface area contributed by atoms with Crippen LogP contribution in [-0.4, -0.2) is 44.9 Å². The Morgan fingerprint density at radius 3 is 2.50 bits per heavy atom. The quantitative estimate of drug-likeness (QED) is 0.896. The molecule has 0 aromatic heterocycles. The predicted molar refractivity (Wildman–Crippen MR) is 81.1 cm³/mol. The highest BCUT2D eigenvalue weighted by Crippen LogP contribution is 2.28. The topological polar surface area (TPSA) is 47.7 Å². The average molecular weight is 278 g/mol. The van der Waals surface area contributed by atoms with E-state index in [4.69, 9.17) is 15.2 Å². The molecule has 1 aromatic rings. The number of hydrogen-bond donors (Lipinski definition) is 1. The number of nitrogens with two attached hydrogens (primary N) is 1. The number of benzene rings is 1. The number of hydrogen-bond acceptors (Lipinski definition) is 4. The van der Waals surface area contributed by atoms with Crippen LogP contribution in [0.5, 0.6) is 5.75 Å². The van der Waals surface area contributed by atoms with Gasteiger partial charge in [0.25, 0.3) is 0 Å². The number of methoxy groups -OCH3 is 2. The van der Waals surface area contributed by atoms with E-state index in [1.54, 1.807) is 14.2 Å². The zero-order valence-corrected chi connectivity index (χ0v) is 12.8. The Kier molecular flexibility index (Phi) is 5.40. The summed E-state index contributed by atoms with van der Waals surface area (Å²) in [6.45, 7) is 4.81. The molecule has 1 atom stereocenters. The molecule has 1 unspecified atom stereocenters. The number of aryl methyl sites for hydroxylation is 1. The fourth-order valence-corrected chi connectivity index (χ4v) is 3.03. The predicted octanol–water partition coefficient (Wildman–Crippen LogP) is 2.11. The third kappa shape index (κ3) is 3.32. The molecular weight excluding hydrogens is 252 g/mol. The summed E-state index contributed by atoms with van der Waals surface area (Å²) in [4.78, 5) is 2.47. The molecule has 2 rings (SSSR count). The third-order valence-electron chi connectivity index (χ3n) is 4.28. The fraction of sp³-hybridized carbons (Fsp3) is 0.625. The van der Waals surface area contributed by atoms with Crippen molar-refractivity contribution in [2.24, 2.45) is 5.73 Å². The molecule has 0 spiro atoms. The first-order chi connectivity index (χ1) is 9.69. The van der Waals surface area contributed by atoms with Crippen molar-refractivity contribution in [1.82, 2.24) is 4.90 Å². The number of piperidine rings is 1. The monoisotopic (exact) mass is 278 g/mol. The molecule has 0 aliphatic carbocycles. The first-order valence-electron chi connectivity index (χ1n) is 7.31. The average Bonchev–Trinajstić information content (AvgIpc) is 2.49. The molecule has 20 heavy (non-hydrogen) atoms. The van der Waals surface area contributed by atoms with Crippen LogP contribution in [0.3, 0.4) is 0 Å². The zero-order valence-electron chi connectivity index (χ0n) is 12.8. The van der Waals surface area contributed by atoms with Crippen LogP contribution in [0.15, 0.2) is 18.2 Å². The highest BCUT2D eigenvalue weighted by Gasteiger charge is 2.25. The van der Waals surface area contributed by atoms with Crippen molar-refractivity contribution in [1.29, 1.82) is 0 Å². The molecule has 1 heterocycles. The molecule has 2 N–H and O–H groups in total. The lowest BCUT2D eigenvalue weighted by atomic mass is 9.99. The van der Waals surface area contributed by atoms with Gasteiger partial charge < -0.3 is 15.2 Å². The third-order valence-corrected chi connectivity index (χ3v) is 4.28. The second kappa shape index (κ2) is 7.07. The summed E-state index contributed by atoms with van der Waals surface area (Å²) < 4.78 is 10.8. The van der Waals surface area contributed by atoms with Crippen molar-refractivity contribution >= 4 is 0 Å². The van der Waals surface area contributed by atoms with Gasteiger partial charge >= 0.3 is 0 Å². The van der Waals surface area contributed by atoms with E-state index in [2.05, 4.69) is 24.0 Å². The van der Waals surface area contributed by atoms with Crippen molar-refractivity contribution < 1.29 is 9.47 Å². The van der Waals surface area contributed by atoms with Crippen molar-refractivity contribution in [3.63, 3.8) is 0 Å². The number of likely N-dealkylation sites (tertiary alicyclic amines) is 1. The van der Waals surface area contributed by atoms with Crippen molar-refractivity contribution in [2.45, 2.75) is 31.9 Å². The molecule has 1 fully saturated rings. The number of rotatable bonds is 5. The molecular formula is C16H26N2O2. The lowest BCUT2D eigenvalue weighted by Gasteiger charge is -2.37. The van der Waals surface area contributed by atoms with Crippen molar-refractivity contribution in [3.8, 4) is 5.75 Å². The zero-order chi connectivity index (χ0) is 14.5. The summed E-state index contributed by atoms with van der Waals surface area (Å²) in [5.41, 5.74) is 8.46. The Balaban J connectivity index is 2.10. The van der Waals surface area contributed by atoms with Gasteiger partial charge in [0, 0.05) is 32.8 Å². The highest BCUT2D eigenvalue weighted by atomic mass is 16.5. The van der Waals surface area contributed by atoms with Crippen LogP contribution in [0.25, 0.3) is 0 Å². The molecule has 0 bridgehead atoms. The van der Waals surface area contributed by atoms with E-state index in [9.17, 15) is 0 Å². The highest BCUT2D eigenvalue weighted by molar-refractivity contribution is 5.37. The minimum absolute atomic E-state index is 0.289. The molecule has 0 amide bonds. The van der Waals surface area contributed by atoms with E-state index in [1.165, 1.54) is 5.56 Å². The first kappa shape index (κ1) is 15.3. The molecule has 0 saturated carbocycles. The lowest BCUT2D eigenvalue weighted by molar-refractivity contribution is 0.0280. The van der Waals surface area contributed by atoms with Crippen LogP contribution in [0.4, 0.5) is 0 Å². The summed E-state index contributed by atoms with van der Waals surface area (Å²) in [6.07, 6.45) is 2.58. The summed E-state index contributed by atoms with van der Waals surface area (Å²) in [6, 6.07) is 6.65. The van der Waals surface area contributed by atoms with Crippen LogP contribution >= 0.6 is 0 Å². The summed E-state index contributed by atoms with van der Waals surface area (Å²) in [7, 11) is 3.51. The van der Waals surface area contributed by atoms with Gasteiger partial charge in [-0.15, -0.1) is 0 Å². The molecule has 4 heteroatoms. The van der Waals surface area contributed by atoms with Gasteiger partial charge in [-0.1, -0.05) is 12.1 Å². The van der Waals surface area contributed by atoms with Crippen LogP contribution < -0.4 is 10.5 Å². The normalized spacial score (nSPS) is 19.0. The Bertz CT molecular complexity index is 428. The Morgan fingerprint density at radius 2 is 2.00 bits per heavy atom. The standard InChI is InChI=1S/C16H26N2O2/c1-12-10-13(4-5-16(12)20-3)15(11-17)18-8-6-14(19-2)7-9-18/h4-5,10,14-15H,6-9,11,17H2,1-3H3. The Hall–Kier alpha value is -1.10. The van der Waals surface area contributed by atoms with E-state index in [1.807, 2.05) is 6.07 Å². The Labute approximate surface area is 121 Å². The van der Waals surface area contributed by atoms with Gasteiger partial charge in [-0.2, -0.15) is 0 Å². The smallest absolute Gasteiger partial charge is 0.121 e. The maximum absolute atomic E-state index is 6.02. The van der Waals surface area contributed by atoms with Crippen LogP contribution in [0, 0.1) is 6.92 Å². The summed E-state index contributed by atoms with van der Waals surface area (Å²) >= 11 is 0. The number of ether oxygens (including phenoxy) is 2. The second-order valence-electron chi connectivity index (χ2n) is 5.45. The molecule has 0 radical (unpaired) electrons. The van der Waals surface area contributed by atoms with Crippen molar-refractivity contribution in [3.05, 3.63) is 29.3 Å². The maximum atomic E-state index is 6.02. The minimum Gasteiger partial charge on any atom is -0.496 e. The molecule has 112 valence electrons. The van der Waals surface area contributed by atoms with Gasteiger partial charge in [0.1, 0.15) is 5.75 Å². The SMILES string of the molecule is COc1ccc(C(CN)N2CCC(OC)CC2)cc1C. The molecule has 1 aliphatic rings. The van der Waals surface area contributed by atoms with Crippen LogP contribution in [0.1, 0.15) is 30.0 Å². The van der Waals surface area contributed by atoms with E-state index < -0.39 is 0 Å². The minimum atomic E-state index is 0.289. The largest absolute Gasteiger partial charge is 0.496 e. The van der Waals surface area contributed by atoms with E-state index in [0.29, 0.717) is 12.6 Å². The summed E-state index contributed by atoms with van der Waals surface area (Å²) in [5, 5.41) is 0. The van der Waals surface area contributed by atoms with Gasteiger partial charge in [-0.25, -0.2) is 0 Å². The fourth-order valence-electron chi connectivity index (χ4n) is 3.03. The second-order valence-corrected chi connectivity index (χ2v) is 5.45. The first-order valence-corrected chi connectivity index (χ1v) is 7.31. The van der Waals surface area contributed by atoms with Gasteiger partial charge in [0.2, 0.25) is 0 Å². The lowest BCUT2D eigenvalue weighted by Crippen LogP contribution is -2.41. The Morgan fingerprint density at radius 1 is 1.30 bits per heavy atom. The van der Waals surface area contributed by atoms with E-state index in [-0.39, 0.29) is 6.04 Å². The van der Waals surface area contributed by atoms with Crippen LogP contribution in [-0.2, 0) is 4.74 Å². The molecule has 4 nitrogen and oxygen atoms in total.